The first kappa shape index (κ1) is 18.4. The van der Waals surface area contributed by atoms with Crippen molar-refractivity contribution in [2.75, 3.05) is 19.6 Å². The van der Waals surface area contributed by atoms with E-state index in [2.05, 4.69) is 16.0 Å². The number of fused-ring (bicyclic) bond motifs is 2. The highest BCUT2D eigenvalue weighted by Crippen LogP contribution is 2.49. The van der Waals surface area contributed by atoms with Crippen LogP contribution in [-0.4, -0.2) is 54.2 Å². The largest absolute Gasteiger partial charge is 0.316 e. The molecule has 4 amide bonds. The molecule has 1 aromatic rings. The van der Waals surface area contributed by atoms with Crippen LogP contribution in [0.15, 0.2) is 18.2 Å². The lowest BCUT2D eigenvalue weighted by Gasteiger charge is -2.27. The number of nitrogens with one attached hydrogen (secondary N) is 3. The topological polar surface area (TPSA) is 108 Å². The summed E-state index contributed by atoms with van der Waals surface area (Å²) in [5.41, 5.74) is 1.49. The lowest BCUT2D eigenvalue weighted by molar-refractivity contribution is -0.136. The number of carbonyl (C=O) groups excluding carboxylic acids is 4. The van der Waals surface area contributed by atoms with Gasteiger partial charge in [-0.05, 0) is 61.9 Å². The fourth-order valence-electron chi connectivity index (χ4n) is 5.20. The van der Waals surface area contributed by atoms with Crippen LogP contribution in [0.25, 0.3) is 0 Å². The first-order valence-electron chi connectivity index (χ1n) is 10.3. The van der Waals surface area contributed by atoms with E-state index in [1.165, 1.54) is 6.42 Å². The molecule has 1 saturated carbocycles. The van der Waals surface area contributed by atoms with Crippen molar-refractivity contribution >= 4 is 23.6 Å². The van der Waals surface area contributed by atoms with Crippen molar-refractivity contribution in [2.45, 2.75) is 31.8 Å². The van der Waals surface area contributed by atoms with E-state index >= 15 is 0 Å². The zero-order valence-electron chi connectivity index (χ0n) is 16.1. The molecule has 4 atom stereocenters. The Kier molecular flexibility index (Phi) is 4.48. The summed E-state index contributed by atoms with van der Waals surface area (Å²) in [6.45, 7) is 3.59. The molecule has 29 heavy (non-hydrogen) atoms. The van der Waals surface area contributed by atoms with Crippen molar-refractivity contribution in [2.24, 2.45) is 17.8 Å². The zero-order valence-corrected chi connectivity index (χ0v) is 16.1. The van der Waals surface area contributed by atoms with E-state index < -0.39 is 23.8 Å². The second-order valence-corrected chi connectivity index (χ2v) is 8.40. The van der Waals surface area contributed by atoms with Gasteiger partial charge >= 0.3 is 0 Å². The molecule has 5 rings (SSSR count). The van der Waals surface area contributed by atoms with Gasteiger partial charge in [0, 0.05) is 13.0 Å². The molecule has 3 aliphatic heterocycles. The predicted octanol–water partition coefficient (Wildman–Crippen LogP) is 0.0329. The van der Waals surface area contributed by atoms with Gasteiger partial charge < -0.3 is 10.6 Å². The first-order valence-corrected chi connectivity index (χ1v) is 10.3. The van der Waals surface area contributed by atoms with Crippen LogP contribution in [0.5, 0.6) is 0 Å². The van der Waals surface area contributed by atoms with Gasteiger partial charge in [0.25, 0.3) is 11.8 Å². The van der Waals surface area contributed by atoms with E-state index in [0.29, 0.717) is 23.6 Å². The number of carbonyl (C=O) groups is 4. The van der Waals surface area contributed by atoms with E-state index in [9.17, 15) is 19.2 Å². The van der Waals surface area contributed by atoms with E-state index in [0.717, 1.165) is 41.9 Å². The van der Waals surface area contributed by atoms with Crippen LogP contribution >= 0.6 is 0 Å². The molecule has 0 aromatic heterocycles. The minimum absolute atomic E-state index is 0.122. The molecule has 2 saturated heterocycles. The quantitative estimate of drug-likeness (QED) is 0.607. The average Bonchev–Trinajstić information content (AvgIpc) is 3.35. The molecule has 4 aliphatic rings. The third kappa shape index (κ3) is 3.07. The molecular weight excluding hydrogens is 372 g/mol. The summed E-state index contributed by atoms with van der Waals surface area (Å²) in [5, 5.41) is 9.12. The summed E-state index contributed by atoms with van der Waals surface area (Å²) in [5.74, 6) is 0.380. The van der Waals surface area contributed by atoms with Crippen molar-refractivity contribution < 1.29 is 19.2 Å². The van der Waals surface area contributed by atoms with Gasteiger partial charge in [-0.2, -0.15) is 0 Å². The number of hydrogen-bond acceptors (Lipinski definition) is 6. The van der Waals surface area contributed by atoms with Crippen LogP contribution in [-0.2, 0) is 16.1 Å². The van der Waals surface area contributed by atoms with Gasteiger partial charge in [0.15, 0.2) is 0 Å². The lowest BCUT2D eigenvalue weighted by Crippen LogP contribution is -2.54. The maximum atomic E-state index is 13.1. The number of benzene rings is 1. The second-order valence-electron chi connectivity index (χ2n) is 8.40. The molecule has 0 radical (unpaired) electrons. The Morgan fingerprint density at radius 2 is 1.93 bits per heavy atom. The van der Waals surface area contributed by atoms with Crippen LogP contribution in [0, 0.1) is 17.8 Å². The summed E-state index contributed by atoms with van der Waals surface area (Å²) in [6, 6.07) is 4.33. The summed E-state index contributed by atoms with van der Waals surface area (Å²) >= 11 is 0. The summed E-state index contributed by atoms with van der Waals surface area (Å²) in [7, 11) is 0. The molecule has 8 heteroatoms. The molecule has 3 fully saturated rings. The highest BCUT2D eigenvalue weighted by molar-refractivity contribution is 6.24. The van der Waals surface area contributed by atoms with E-state index in [4.69, 9.17) is 0 Å². The molecule has 8 nitrogen and oxygen atoms in total. The van der Waals surface area contributed by atoms with Gasteiger partial charge in [0.2, 0.25) is 11.8 Å². The number of rotatable bonds is 5. The lowest BCUT2D eigenvalue weighted by atomic mass is 10.0. The van der Waals surface area contributed by atoms with Crippen LogP contribution < -0.4 is 16.0 Å². The molecule has 1 aromatic carbocycles. The van der Waals surface area contributed by atoms with Crippen molar-refractivity contribution in [3.63, 3.8) is 0 Å². The molecular formula is C21H24N4O4. The van der Waals surface area contributed by atoms with Crippen molar-refractivity contribution in [1.29, 1.82) is 0 Å². The van der Waals surface area contributed by atoms with E-state index in [1.807, 2.05) is 6.07 Å². The Hall–Kier alpha value is -2.58. The summed E-state index contributed by atoms with van der Waals surface area (Å²) < 4.78 is 0. The summed E-state index contributed by atoms with van der Waals surface area (Å²) in [4.78, 5) is 50.6. The summed E-state index contributed by atoms with van der Waals surface area (Å²) in [6.07, 6.45) is 1.52. The molecule has 3 heterocycles. The van der Waals surface area contributed by atoms with Crippen molar-refractivity contribution in [3.05, 3.63) is 34.9 Å². The minimum atomic E-state index is -0.928. The van der Waals surface area contributed by atoms with Gasteiger partial charge in [-0.15, -0.1) is 0 Å². The molecule has 3 N–H and O–H groups in total. The molecule has 152 valence electrons. The van der Waals surface area contributed by atoms with E-state index in [-0.39, 0.29) is 18.7 Å². The van der Waals surface area contributed by atoms with Gasteiger partial charge in [0.1, 0.15) is 6.04 Å². The molecule has 0 bridgehead atoms. The molecule has 4 unspecified atom stereocenters. The molecule has 1 aliphatic carbocycles. The number of nitrogens with zero attached hydrogens (tertiary/aromatic N) is 1. The number of hydrogen-bond donors (Lipinski definition) is 3. The highest BCUT2D eigenvalue weighted by Gasteiger charge is 2.50. The Labute approximate surface area is 168 Å². The Bertz CT molecular complexity index is 902. The maximum Gasteiger partial charge on any atom is 0.262 e. The average molecular weight is 396 g/mol. The Morgan fingerprint density at radius 3 is 2.69 bits per heavy atom. The minimum Gasteiger partial charge on any atom is -0.316 e. The van der Waals surface area contributed by atoms with Crippen LogP contribution in [0.2, 0.25) is 0 Å². The SMILES string of the molecule is O=C1CCC(N2C(=O)c3cccc(CNCC4C5CCNCC54)c3C2=O)C(=O)N1. The molecule has 0 spiro atoms. The first-order chi connectivity index (χ1) is 14.1. The van der Waals surface area contributed by atoms with Gasteiger partial charge in [-0.1, -0.05) is 12.1 Å². The zero-order chi connectivity index (χ0) is 20.1. The van der Waals surface area contributed by atoms with Gasteiger partial charge in [-0.25, -0.2) is 0 Å². The Morgan fingerprint density at radius 1 is 1.07 bits per heavy atom. The van der Waals surface area contributed by atoms with Gasteiger partial charge in [0.05, 0.1) is 11.1 Å². The fraction of sp³-hybridized carbons (Fsp3) is 0.524. The number of imide groups is 2. The monoisotopic (exact) mass is 396 g/mol. The second kappa shape index (κ2) is 7.03. The standard InChI is InChI=1S/C21H24N4O4/c26-17-5-4-16(19(27)24-17)25-20(28)13-3-1-2-11(18(13)21(25)29)8-23-10-15-12-6-7-22-9-14(12)15/h1-3,12,14-16,22-23H,4-10H2,(H,24,26,27). The maximum absolute atomic E-state index is 13.1. The fourth-order valence-corrected chi connectivity index (χ4v) is 5.20. The smallest absolute Gasteiger partial charge is 0.262 e. The van der Waals surface area contributed by atoms with Crippen LogP contribution in [0.4, 0.5) is 0 Å². The number of amides is 4. The predicted molar refractivity (Wildman–Crippen MR) is 103 cm³/mol. The number of piperidine rings is 2. The normalized spacial score (nSPS) is 30.8. The van der Waals surface area contributed by atoms with Crippen LogP contribution in [0.1, 0.15) is 45.5 Å². The van der Waals surface area contributed by atoms with Crippen LogP contribution in [0.3, 0.4) is 0 Å². The van der Waals surface area contributed by atoms with Gasteiger partial charge in [-0.3, -0.25) is 29.4 Å². The highest BCUT2D eigenvalue weighted by atomic mass is 16.2. The third-order valence-electron chi connectivity index (χ3n) is 6.79. The van der Waals surface area contributed by atoms with Crippen molar-refractivity contribution in [1.82, 2.24) is 20.9 Å². The van der Waals surface area contributed by atoms with Crippen molar-refractivity contribution in [3.8, 4) is 0 Å². The Balaban J connectivity index is 1.30. The third-order valence-corrected chi connectivity index (χ3v) is 6.79. The van der Waals surface area contributed by atoms with E-state index in [1.54, 1.807) is 12.1 Å².